The number of halogens is 3. The van der Waals surface area contributed by atoms with Crippen molar-refractivity contribution in [1.29, 1.82) is 5.26 Å². The van der Waals surface area contributed by atoms with Crippen LogP contribution in [0.25, 0.3) is 22.1 Å². The van der Waals surface area contributed by atoms with Gasteiger partial charge in [0.05, 0.1) is 29.5 Å². The zero-order valence-corrected chi connectivity index (χ0v) is 18.7. The second-order valence-corrected chi connectivity index (χ2v) is 8.08. The standard InChI is InChI=1S/C27H17F3N2O4/c1-34-16-10-11-21-18(12-16)24-23(26(33)35-21)22(19(13-31)25(32)36-24)15-8-6-14(7-9-15)17-4-2-3-5-20(17)27(28,29)30/h2-12,22H,32H2,1H3. The largest absolute Gasteiger partial charge is 0.497 e. The summed E-state index contributed by atoms with van der Waals surface area (Å²) in [4.78, 5) is 13.1. The molecule has 0 aliphatic carbocycles. The molecule has 0 saturated heterocycles. The summed E-state index contributed by atoms with van der Waals surface area (Å²) in [7, 11) is 1.48. The molecule has 1 atom stereocenters. The Bertz CT molecular complexity index is 1630. The predicted molar refractivity (Wildman–Crippen MR) is 125 cm³/mol. The third-order valence-electron chi connectivity index (χ3n) is 6.06. The quantitative estimate of drug-likeness (QED) is 0.370. The molecule has 1 unspecified atom stereocenters. The third-order valence-corrected chi connectivity index (χ3v) is 6.06. The van der Waals surface area contributed by atoms with E-state index in [0.717, 1.165) is 6.07 Å². The van der Waals surface area contributed by atoms with Crippen molar-refractivity contribution in [2.75, 3.05) is 7.11 Å². The van der Waals surface area contributed by atoms with E-state index in [2.05, 4.69) is 0 Å². The highest BCUT2D eigenvalue weighted by Gasteiger charge is 2.36. The van der Waals surface area contributed by atoms with E-state index in [1.807, 2.05) is 6.07 Å². The first-order chi connectivity index (χ1) is 17.2. The fourth-order valence-corrected chi connectivity index (χ4v) is 4.40. The summed E-state index contributed by atoms with van der Waals surface area (Å²) in [6.45, 7) is 0. The molecule has 0 bridgehead atoms. The number of ether oxygens (including phenoxy) is 2. The van der Waals surface area contributed by atoms with Crippen molar-refractivity contribution in [3.8, 4) is 28.7 Å². The van der Waals surface area contributed by atoms with Crippen LogP contribution in [-0.4, -0.2) is 7.11 Å². The van der Waals surface area contributed by atoms with Crippen molar-refractivity contribution in [1.82, 2.24) is 0 Å². The van der Waals surface area contributed by atoms with Crippen LogP contribution < -0.4 is 20.8 Å². The molecule has 5 rings (SSSR count). The first-order valence-electron chi connectivity index (χ1n) is 10.7. The van der Waals surface area contributed by atoms with Crippen LogP contribution >= 0.6 is 0 Å². The first-order valence-corrected chi connectivity index (χ1v) is 10.7. The van der Waals surface area contributed by atoms with Gasteiger partial charge in [-0.3, -0.25) is 0 Å². The van der Waals surface area contributed by atoms with Gasteiger partial charge in [0.1, 0.15) is 23.0 Å². The molecule has 0 saturated carbocycles. The molecule has 3 aromatic carbocycles. The zero-order valence-electron chi connectivity index (χ0n) is 18.7. The number of nitriles is 1. The van der Waals surface area contributed by atoms with E-state index in [1.54, 1.807) is 30.3 Å². The first kappa shape index (κ1) is 23.1. The Balaban J connectivity index is 1.69. The molecule has 2 heterocycles. The van der Waals surface area contributed by atoms with E-state index < -0.39 is 23.3 Å². The van der Waals surface area contributed by atoms with Crippen LogP contribution in [0.3, 0.4) is 0 Å². The maximum atomic E-state index is 13.5. The van der Waals surface area contributed by atoms with Crippen molar-refractivity contribution in [3.05, 3.63) is 105 Å². The van der Waals surface area contributed by atoms with E-state index in [-0.39, 0.29) is 33.9 Å². The van der Waals surface area contributed by atoms with Gasteiger partial charge in [0, 0.05) is 0 Å². The number of hydrogen-bond donors (Lipinski definition) is 1. The third kappa shape index (κ3) is 3.73. The SMILES string of the molecule is COc1ccc2oc(=O)c3c(c2c1)OC(N)=C(C#N)C3c1ccc(-c2ccccc2C(F)(F)F)cc1. The Morgan fingerprint density at radius 2 is 1.78 bits per heavy atom. The molecule has 0 radical (unpaired) electrons. The minimum atomic E-state index is -4.53. The van der Waals surface area contributed by atoms with E-state index in [9.17, 15) is 23.2 Å². The number of rotatable bonds is 3. The van der Waals surface area contributed by atoms with Gasteiger partial charge in [-0.2, -0.15) is 18.4 Å². The maximum Gasteiger partial charge on any atom is 0.417 e. The Hall–Kier alpha value is -4.71. The lowest BCUT2D eigenvalue weighted by Gasteiger charge is -2.26. The van der Waals surface area contributed by atoms with Gasteiger partial charge in [0.15, 0.2) is 5.75 Å². The number of fused-ring (bicyclic) bond motifs is 3. The smallest absolute Gasteiger partial charge is 0.417 e. The molecular weight excluding hydrogens is 473 g/mol. The highest BCUT2D eigenvalue weighted by Crippen LogP contribution is 2.45. The minimum Gasteiger partial charge on any atom is -0.497 e. The summed E-state index contributed by atoms with van der Waals surface area (Å²) in [6, 6.07) is 18.2. The summed E-state index contributed by atoms with van der Waals surface area (Å²) in [5.41, 5.74) is 5.67. The number of benzene rings is 3. The average molecular weight is 490 g/mol. The second-order valence-electron chi connectivity index (χ2n) is 8.08. The summed E-state index contributed by atoms with van der Waals surface area (Å²) < 4.78 is 57.0. The molecule has 1 aliphatic heterocycles. The fourth-order valence-electron chi connectivity index (χ4n) is 4.40. The number of nitrogens with two attached hydrogens (primary N) is 1. The molecule has 0 fully saturated rings. The van der Waals surface area contributed by atoms with Gasteiger partial charge in [0.2, 0.25) is 5.88 Å². The van der Waals surface area contributed by atoms with Crippen LogP contribution in [0.1, 0.15) is 22.6 Å². The van der Waals surface area contributed by atoms with Crippen molar-refractivity contribution in [2.45, 2.75) is 12.1 Å². The summed E-state index contributed by atoms with van der Waals surface area (Å²) >= 11 is 0. The average Bonchev–Trinajstić information content (AvgIpc) is 2.87. The molecule has 0 amide bonds. The summed E-state index contributed by atoms with van der Waals surface area (Å²) in [5, 5.41) is 10.2. The van der Waals surface area contributed by atoms with Crippen LogP contribution in [0.4, 0.5) is 13.2 Å². The number of hydrogen-bond acceptors (Lipinski definition) is 6. The molecule has 0 spiro atoms. The number of alkyl halides is 3. The molecule has 4 aromatic rings. The number of allylic oxidation sites excluding steroid dienone is 1. The lowest BCUT2D eigenvalue weighted by molar-refractivity contribution is -0.137. The van der Waals surface area contributed by atoms with Crippen molar-refractivity contribution in [2.24, 2.45) is 5.73 Å². The highest BCUT2D eigenvalue weighted by atomic mass is 19.4. The fraction of sp³-hybridized carbons (Fsp3) is 0.111. The van der Waals surface area contributed by atoms with Gasteiger partial charge in [-0.1, -0.05) is 42.5 Å². The van der Waals surface area contributed by atoms with E-state index in [1.165, 1.54) is 37.4 Å². The maximum absolute atomic E-state index is 13.5. The summed E-state index contributed by atoms with van der Waals surface area (Å²) in [5.74, 6) is -0.512. The Morgan fingerprint density at radius 1 is 1.06 bits per heavy atom. The van der Waals surface area contributed by atoms with E-state index in [4.69, 9.17) is 19.6 Å². The van der Waals surface area contributed by atoms with Gasteiger partial charge in [-0.25, -0.2) is 4.79 Å². The molecule has 2 N–H and O–H groups in total. The van der Waals surface area contributed by atoms with Gasteiger partial charge in [-0.05, 0) is 41.0 Å². The van der Waals surface area contributed by atoms with Crippen LogP contribution in [0.5, 0.6) is 11.5 Å². The number of methoxy groups -OCH3 is 1. The van der Waals surface area contributed by atoms with Gasteiger partial charge in [-0.15, -0.1) is 0 Å². The minimum absolute atomic E-state index is 0.0112. The Labute approximate surface area is 202 Å². The monoisotopic (exact) mass is 490 g/mol. The predicted octanol–water partition coefficient (Wildman–Crippen LogP) is 5.71. The molecule has 180 valence electrons. The van der Waals surface area contributed by atoms with Gasteiger partial charge < -0.3 is 19.6 Å². The zero-order chi connectivity index (χ0) is 25.6. The molecule has 1 aliphatic rings. The van der Waals surface area contributed by atoms with Crippen LogP contribution in [0, 0.1) is 11.3 Å². The number of nitrogens with zero attached hydrogens (tertiary/aromatic N) is 1. The second kappa shape index (κ2) is 8.50. The van der Waals surface area contributed by atoms with Crippen molar-refractivity contribution in [3.63, 3.8) is 0 Å². The van der Waals surface area contributed by atoms with E-state index in [0.29, 0.717) is 22.3 Å². The van der Waals surface area contributed by atoms with E-state index >= 15 is 0 Å². The molecule has 1 aromatic heterocycles. The summed E-state index contributed by atoms with van der Waals surface area (Å²) in [6.07, 6.45) is -4.53. The normalized spacial score (nSPS) is 15.2. The lowest BCUT2D eigenvalue weighted by Crippen LogP contribution is -2.26. The Morgan fingerprint density at radius 3 is 2.44 bits per heavy atom. The van der Waals surface area contributed by atoms with Crippen LogP contribution in [-0.2, 0) is 6.18 Å². The van der Waals surface area contributed by atoms with Crippen LogP contribution in [0.2, 0.25) is 0 Å². The molecule has 6 nitrogen and oxygen atoms in total. The van der Waals surface area contributed by atoms with Gasteiger partial charge in [0.25, 0.3) is 0 Å². The molecule has 36 heavy (non-hydrogen) atoms. The topological polar surface area (TPSA) is 98.5 Å². The van der Waals surface area contributed by atoms with Crippen molar-refractivity contribution < 1.29 is 27.1 Å². The Kier molecular flexibility index (Phi) is 5.44. The van der Waals surface area contributed by atoms with Gasteiger partial charge >= 0.3 is 11.8 Å². The highest BCUT2D eigenvalue weighted by molar-refractivity contribution is 5.87. The van der Waals surface area contributed by atoms with Crippen LogP contribution in [0.15, 0.2) is 87.4 Å². The lowest BCUT2D eigenvalue weighted by atomic mass is 9.83. The van der Waals surface area contributed by atoms with Crippen molar-refractivity contribution >= 4 is 11.0 Å². The molecule has 9 heteroatoms. The molecular formula is C27H17F3N2O4.